The van der Waals surface area contributed by atoms with Crippen LogP contribution in [0.1, 0.15) is 25.3 Å². The topological polar surface area (TPSA) is 24.9 Å². The van der Waals surface area contributed by atoms with Gasteiger partial charge in [0.25, 0.3) is 0 Å². The number of unbranched alkanes of at least 4 members (excludes halogenated alkanes) is 1. The van der Waals surface area contributed by atoms with E-state index in [-0.39, 0.29) is 0 Å². The van der Waals surface area contributed by atoms with Gasteiger partial charge in [0.2, 0.25) is 0 Å². The van der Waals surface area contributed by atoms with E-state index in [1.54, 1.807) is 0 Å². The molecule has 2 nitrogen and oxygen atoms in total. The number of rotatable bonds is 5. The average Bonchev–Trinajstić information content (AvgIpc) is 2.70. The van der Waals surface area contributed by atoms with Crippen LogP contribution in [0.25, 0.3) is 32.3 Å². The van der Waals surface area contributed by atoms with Gasteiger partial charge in [-0.25, -0.2) is 4.98 Å². The van der Waals surface area contributed by atoms with Crippen LogP contribution in [0.3, 0.4) is 0 Å². The van der Waals surface area contributed by atoms with Crippen LogP contribution in [-0.2, 0) is 6.42 Å². The zero-order chi connectivity index (χ0) is 18.2. The fraction of sp³-hybridized carbons (Fsp3) is 0.160. The summed E-state index contributed by atoms with van der Waals surface area (Å²) >= 11 is 0. The first-order chi connectivity index (χ1) is 13.3. The number of pyridine rings is 1. The molecule has 0 bridgehead atoms. The van der Waals surface area contributed by atoms with Crippen LogP contribution >= 0.6 is 0 Å². The Morgan fingerprint density at radius 2 is 1.44 bits per heavy atom. The molecular weight excluding hydrogens is 328 g/mol. The van der Waals surface area contributed by atoms with Crippen LogP contribution in [0.15, 0.2) is 72.9 Å². The number of hydrogen-bond donors (Lipinski definition) is 1. The molecule has 5 aromatic rings. The molecule has 0 aliphatic rings. The fourth-order valence-corrected chi connectivity index (χ4v) is 4.05. The normalized spacial score (nSPS) is 11.6. The summed E-state index contributed by atoms with van der Waals surface area (Å²) in [5.41, 5.74) is 2.42. The Kier molecular flexibility index (Phi) is 3.90. The molecule has 1 heterocycles. The number of benzene rings is 4. The van der Waals surface area contributed by atoms with Crippen molar-refractivity contribution in [3.63, 3.8) is 0 Å². The van der Waals surface area contributed by atoms with Crippen molar-refractivity contribution in [2.45, 2.75) is 26.2 Å². The monoisotopic (exact) mass is 350 g/mol. The average molecular weight is 350 g/mol. The van der Waals surface area contributed by atoms with Gasteiger partial charge >= 0.3 is 0 Å². The Labute approximate surface area is 159 Å². The second kappa shape index (κ2) is 6.55. The highest BCUT2D eigenvalue weighted by molar-refractivity contribution is 6.23. The Bertz CT molecular complexity index is 1180. The lowest BCUT2D eigenvalue weighted by molar-refractivity contribution is 0.794. The molecule has 1 N–H and O–H groups in total. The SMILES string of the molecule is CCCCc1ccnc(Nc2cc3ccc4cccc5ccc(c2)c3c45)c1. The Morgan fingerprint density at radius 3 is 2.15 bits per heavy atom. The molecular formula is C25H22N2. The van der Waals surface area contributed by atoms with E-state index >= 15 is 0 Å². The number of anilines is 2. The second-order valence-corrected chi connectivity index (χ2v) is 7.29. The first-order valence-corrected chi connectivity index (χ1v) is 9.71. The minimum absolute atomic E-state index is 0.913. The quantitative estimate of drug-likeness (QED) is 0.343. The van der Waals surface area contributed by atoms with Gasteiger partial charge in [-0.2, -0.15) is 0 Å². The third kappa shape index (κ3) is 2.87. The summed E-state index contributed by atoms with van der Waals surface area (Å²) < 4.78 is 0. The highest BCUT2D eigenvalue weighted by Gasteiger charge is 2.09. The molecule has 2 heteroatoms. The molecule has 4 aromatic carbocycles. The van der Waals surface area contributed by atoms with E-state index in [9.17, 15) is 0 Å². The van der Waals surface area contributed by atoms with Crippen LogP contribution in [0.4, 0.5) is 11.5 Å². The predicted molar refractivity (Wildman–Crippen MR) is 116 cm³/mol. The number of nitrogens with one attached hydrogen (secondary N) is 1. The molecule has 0 aliphatic heterocycles. The maximum Gasteiger partial charge on any atom is 0.130 e. The van der Waals surface area contributed by atoms with Crippen molar-refractivity contribution in [2.24, 2.45) is 0 Å². The summed E-state index contributed by atoms with van der Waals surface area (Å²) in [6.07, 6.45) is 5.43. The van der Waals surface area contributed by atoms with Crippen molar-refractivity contribution in [3.05, 3.63) is 78.5 Å². The summed E-state index contributed by atoms with van der Waals surface area (Å²) in [4.78, 5) is 4.51. The summed E-state index contributed by atoms with van der Waals surface area (Å²) in [6.45, 7) is 2.23. The maximum atomic E-state index is 4.51. The molecule has 0 saturated carbocycles. The van der Waals surface area contributed by atoms with E-state index in [2.05, 4.69) is 84.0 Å². The van der Waals surface area contributed by atoms with Crippen molar-refractivity contribution in [1.82, 2.24) is 4.98 Å². The van der Waals surface area contributed by atoms with Gasteiger partial charge in [0.05, 0.1) is 0 Å². The van der Waals surface area contributed by atoms with Crippen molar-refractivity contribution in [3.8, 4) is 0 Å². The van der Waals surface area contributed by atoms with Gasteiger partial charge in [0, 0.05) is 11.9 Å². The molecule has 0 amide bonds. The van der Waals surface area contributed by atoms with E-state index < -0.39 is 0 Å². The molecule has 0 fully saturated rings. The molecule has 5 rings (SSSR count). The van der Waals surface area contributed by atoms with E-state index in [1.807, 2.05) is 6.20 Å². The Morgan fingerprint density at radius 1 is 0.778 bits per heavy atom. The number of hydrogen-bond acceptors (Lipinski definition) is 2. The van der Waals surface area contributed by atoms with Crippen molar-refractivity contribution in [2.75, 3.05) is 5.32 Å². The van der Waals surface area contributed by atoms with Gasteiger partial charge in [-0.1, -0.05) is 55.8 Å². The predicted octanol–water partition coefficient (Wildman–Crippen LogP) is 7.07. The van der Waals surface area contributed by atoms with Gasteiger partial charge in [-0.15, -0.1) is 0 Å². The molecule has 0 saturated heterocycles. The summed E-state index contributed by atoms with van der Waals surface area (Å²) in [7, 11) is 0. The first kappa shape index (κ1) is 16.1. The van der Waals surface area contributed by atoms with Crippen molar-refractivity contribution < 1.29 is 0 Å². The van der Waals surface area contributed by atoms with Gasteiger partial charge in [-0.3, -0.25) is 0 Å². The van der Waals surface area contributed by atoms with Gasteiger partial charge in [-0.05, 0) is 75.0 Å². The first-order valence-electron chi connectivity index (χ1n) is 9.71. The van der Waals surface area contributed by atoms with Crippen LogP contribution < -0.4 is 5.32 Å². The molecule has 27 heavy (non-hydrogen) atoms. The molecule has 0 radical (unpaired) electrons. The third-order valence-electron chi connectivity index (χ3n) is 5.38. The van der Waals surface area contributed by atoms with E-state index in [1.165, 1.54) is 50.7 Å². The minimum Gasteiger partial charge on any atom is -0.340 e. The second-order valence-electron chi connectivity index (χ2n) is 7.29. The van der Waals surface area contributed by atoms with Crippen LogP contribution in [0, 0.1) is 0 Å². The van der Waals surface area contributed by atoms with Crippen LogP contribution in [-0.4, -0.2) is 4.98 Å². The van der Waals surface area contributed by atoms with Crippen molar-refractivity contribution >= 4 is 43.8 Å². The maximum absolute atomic E-state index is 4.51. The Hall–Kier alpha value is -3.13. The minimum atomic E-state index is 0.913. The van der Waals surface area contributed by atoms with E-state index in [4.69, 9.17) is 0 Å². The molecule has 1 aromatic heterocycles. The molecule has 0 aliphatic carbocycles. The van der Waals surface area contributed by atoms with Gasteiger partial charge in [0.1, 0.15) is 5.82 Å². The van der Waals surface area contributed by atoms with Gasteiger partial charge in [0.15, 0.2) is 0 Å². The summed E-state index contributed by atoms with van der Waals surface area (Å²) in [5, 5.41) is 11.4. The van der Waals surface area contributed by atoms with Crippen molar-refractivity contribution in [1.29, 1.82) is 0 Å². The summed E-state index contributed by atoms with van der Waals surface area (Å²) in [5.74, 6) is 0.913. The van der Waals surface area contributed by atoms with Crippen LogP contribution in [0.5, 0.6) is 0 Å². The molecule has 0 atom stereocenters. The zero-order valence-corrected chi connectivity index (χ0v) is 15.5. The number of aryl methyl sites for hydroxylation is 1. The molecule has 0 spiro atoms. The zero-order valence-electron chi connectivity index (χ0n) is 15.5. The molecule has 132 valence electrons. The standard InChI is InChI=1S/C25H22N2/c1-2-3-5-17-12-13-26-23(14-17)27-22-15-20-10-8-18-6-4-7-19-9-11-21(16-22)25(20)24(18)19/h4,6-16H,2-3,5H2,1H3,(H,26,27). The largest absolute Gasteiger partial charge is 0.340 e. The number of aromatic nitrogens is 1. The highest BCUT2D eigenvalue weighted by atomic mass is 15.0. The summed E-state index contributed by atoms with van der Waals surface area (Å²) in [6, 6.07) is 24.1. The lowest BCUT2D eigenvalue weighted by Gasteiger charge is -2.13. The lowest BCUT2D eigenvalue weighted by Crippen LogP contribution is -1.96. The van der Waals surface area contributed by atoms with Crippen LogP contribution in [0.2, 0.25) is 0 Å². The lowest BCUT2D eigenvalue weighted by atomic mass is 9.94. The molecule has 0 unspecified atom stereocenters. The van der Waals surface area contributed by atoms with E-state index in [0.29, 0.717) is 0 Å². The Balaban J connectivity index is 1.58. The highest BCUT2D eigenvalue weighted by Crippen LogP contribution is 2.36. The fourth-order valence-electron chi connectivity index (χ4n) is 4.05. The van der Waals surface area contributed by atoms with Gasteiger partial charge < -0.3 is 5.32 Å². The number of nitrogens with zero attached hydrogens (tertiary/aromatic N) is 1. The smallest absolute Gasteiger partial charge is 0.130 e. The van der Waals surface area contributed by atoms with E-state index in [0.717, 1.165) is 17.9 Å². The third-order valence-corrected chi connectivity index (χ3v) is 5.38.